The monoisotopic (exact) mass is 373 g/mol. The third-order valence-electron chi connectivity index (χ3n) is 5.60. The predicted molar refractivity (Wildman–Crippen MR) is 104 cm³/mol. The van der Waals surface area contributed by atoms with Gasteiger partial charge in [0.25, 0.3) is 0 Å². The molecule has 2 aromatic rings. The van der Waals surface area contributed by atoms with Crippen LogP contribution in [0, 0.1) is 17.8 Å². The minimum Gasteiger partial charge on any atom is -0.477 e. The second-order valence-corrected chi connectivity index (χ2v) is 9.19. The van der Waals surface area contributed by atoms with E-state index in [0.717, 1.165) is 36.3 Å². The van der Waals surface area contributed by atoms with Crippen LogP contribution in [0.15, 0.2) is 24.4 Å². The van der Waals surface area contributed by atoms with Gasteiger partial charge in [-0.1, -0.05) is 38.4 Å². The van der Waals surface area contributed by atoms with Crippen LogP contribution in [-0.4, -0.2) is 21.4 Å². The zero-order valence-electron chi connectivity index (χ0n) is 15.9. The van der Waals surface area contributed by atoms with Crippen molar-refractivity contribution in [3.05, 3.63) is 35.1 Å². The molecule has 140 valence electrons. The zero-order valence-corrected chi connectivity index (χ0v) is 16.7. The van der Waals surface area contributed by atoms with Crippen LogP contribution < -0.4 is 4.74 Å². The van der Waals surface area contributed by atoms with Gasteiger partial charge in [0.1, 0.15) is 5.15 Å². The van der Waals surface area contributed by atoms with Crippen molar-refractivity contribution >= 4 is 11.6 Å². The Hall–Kier alpha value is -1.55. The van der Waals surface area contributed by atoms with Gasteiger partial charge in [0.05, 0.1) is 6.61 Å². The highest BCUT2D eigenvalue weighted by Gasteiger charge is 2.40. The molecular weight excluding hydrogens is 346 g/mol. The summed E-state index contributed by atoms with van der Waals surface area (Å²) in [6, 6.07) is 5.89. The van der Waals surface area contributed by atoms with E-state index in [1.807, 2.05) is 24.4 Å². The van der Waals surface area contributed by atoms with Crippen molar-refractivity contribution in [3.63, 3.8) is 0 Å². The second kappa shape index (κ2) is 6.88. The molecule has 4 nitrogen and oxygen atoms in total. The van der Waals surface area contributed by atoms with Crippen LogP contribution in [0.3, 0.4) is 0 Å². The van der Waals surface area contributed by atoms with Gasteiger partial charge in [-0.3, -0.25) is 0 Å². The summed E-state index contributed by atoms with van der Waals surface area (Å²) in [6.45, 7) is 7.15. The van der Waals surface area contributed by atoms with E-state index in [9.17, 15) is 0 Å². The lowest BCUT2D eigenvalue weighted by atomic mass is 9.88. The second-order valence-electron chi connectivity index (χ2n) is 8.83. The summed E-state index contributed by atoms with van der Waals surface area (Å²) < 4.78 is 7.64. The molecule has 2 aromatic heterocycles. The third-order valence-corrected chi connectivity index (χ3v) is 5.89. The van der Waals surface area contributed by atoms with Gasteiger partial charge in [0.2, 0.25) is 5.88 Å². The number of nitrogens with zero attached hydrogens (tertiary/aromatic N) is 3. The highest BCUT2D eigenvalue weighted by Crippen LogP contribution is 2.50. The van der Waals surface area contributed by atoms with Gasteiger partial charge in [-0.2, -0.15) is 0 Å². The zero-order chi connectivity index (χ0) is 18.3. The molecular formula is C21H28ClN3O. The maximum Gasteiger partial charge on any atom is 0.233 e. The number of aromatic nitrogens is 3. The summed E-state index contributed by atoms with van der Waals surface area (Å²) in [5.74, 6) is 4.19. The molecule has 0 saturated heterocycles. The SMILES string of the molecule is CC(C)(C)c1ccc(-n2ccc(OCCC(C3CC3)C3CC3)n2)nc1Cl. The molecule has 5 heteroatoms. The van der Waals surface area contributed by atoms with E-state index < -0.39 is 0 Å². The molecule has 0 unspecified atom stereocenters. The van der Waals surface area contributed by atoms with Gasteiger partial charge in [0, 0.05) is 12.3 Å². The quantitative estimate of drug-likeness (QED) is 0.608. The fourth-order valence-corrected chi connectivity index (χ4v) is 4.26. The van der Waals surface area contributed by atoms with E-state index in [2.05, 4.69) is 30.9 Å². The summed E-state index contributed by atoms with van der Waals surface area (Å²) >= 11 is 6.38. The molecule has 2 heterocycles. The molecule has 0 amide bonds. The average Bonchev–Trinajstić information content (AvgIpc) is 3.50. The van der Waals surface area contributed by atoms with Crippen molar-refractivity contribution in [1.29, 1.82) is 0 Å². The summed E-state index contributed by atoms with van der Waals surface area (Å²) in [7, 11) is 0. The summed E-state index contributed by atoms with van der Waals surface area (Å²) in [6.07, 6.45) is 8.73. The molecule has 0 N–H and O–H groups in total. The Labute approximate surface area is 160 Å². The first kappa shape index (κ1) is 17.8. The molecule has 0 aromatic carbocycles. The van der Waals surface area contributed by atoms with Crippen molar-refractivity contribution < 1.29 is 4.74 Å². The lowest BCUT2D eigenvalue weighted by Gasteiger charge is -2.20. The van der Waals surface area contributed by atoms with E-state index in [0.29, 0.717) is 16.9 Å². The highest BCUT2D eigenvalue weighted by atomic mass is 35.5. The molecule has 0 aliphatic heterocycles. The first-order chi connectivity index (χ1) is 12.4. The van der Waals surface area contributed by atoms with Crippen LogP contribution in [0.1, 0.15) is 58.4 Å². The summed E-state index contributed by atoms with van der Waals surface area (Å²) in [5, 5.41) is 5.04. The molecule has 0 radical (unpaired) electrons. The van der Waals surface area contributed by atoms with Crippen LogP contribution in [-0.2, 0) is 5.41 Å². The molecule has 2 fully saturated rings. The minimum absolute atomic E-state index is 0.0271. The first-order valence-corrected chi connectivity index (χ1v) is 10.2. The number of halogens is 1. The minimum atomic E-state index is -0.0271. The lowest BCUT2D eigenvalue weighted by molar-refractivity contribution is 0.243. The number of hydrogen-bond acceptors (Lipinski definition) is 3. The number of pyridine rings is 1. The van der Waals surface area contributed by atoms with Gasteiger partial charge >= 0.3 is 0 Å². The first-order valence-electron chi connectivity index (χ1n) is 9.78. The molecule has 0 atom stereocenters. The van der Waals surface area contributed by atoms with Crippen LogP contribution in [0.2, 0.25) is 5.15 Å². The van der Waals surface area contributed by atoms with Gasteiger partial charge in [-0.15, -0.1) is 5.10 Å². The van der Waals surface area contributed by atoms with Crippen molar-refractivity contribution in [2.24, 2.45) is 17.8 Å². The lowest BCUT2D eigenvalue weighted by Crippen LogP contribution is -2.13. The van der Waals surface area contributed by atoms with Crippen molar-refractivity contribution in [2.75, 3.05) is 6.61 Å². The van der Waals surface area contributed by atoms with Crippen LogP contribution >= 0.6 is 11.6 Å². The van der Waals surface area contributed by atoms with Crippen LogP contribution in [0.4, 0.5) is 0 Å². The number of ether oxygens (including phenoxy) is 1. The Bertz CT molecular complexity index is 760. The molecule has 0 spiro atoms. The third kappa shape index (κ3) is 4.06. The maximum absolute atomic E-state index is 6.38. The van der Waals surface area contributed by atoms with Crippen LogP contribution in [0.25, 0.3) is 5.82 Å². The van der Waals surface area contributed by atoms with E-state index in [-0.39, 0.29) is 5.41 Å². The Kier molecular flexibility index (Phi) is 4.72. The molecule has 4 rings (SSSR count). The van der Waals surface area contributed by atoms with Gasteiger partial charge < -0.3 is 4.74 Å². The average molecular weight is 374 g/mol. The van der Waals surface area contributed by atoms with Gasteiger partial charge in [-0.05, 0) is 66.9 Å². The van der Waals surface area contributed by atoms with E-state index in [4.69, 9.17) is 16.3 Å². The smallest absolute Gasteiger partial charge is 0.233 e. The van der Waals surface area contributed by atoms with Crippen molar-refractivity contribution in [3.8, 4) is 11.7 Å². The van der Waals surface area contributed by atoms with E-state index in [1.54, 1.807) is 4.68 Å². The standard InChI is InChI=1S/C21H28ClN3O/c1-21(2,3)17-8-9-18(23-20(17)22)25-12-10-19(24-25)26-13-11-16(14-4-5-14)15-6-7-15/h8-10,12,14-16H,4-7,11,13H2,1-3H3. The summed E-state index contributed by atoms with van der Waals surface area (Å²) in [5.41, 5.74) is 1.01. The predicted octanol–water partition coefficient (Wildman–Crippen LogP) is 5.42. The molecule has 2 aliphatic carbocycles. The fourth-order valence-electron chi connectivity index (χ4n) is 3.83. The Morgan fingerprint density at radius 3 is 2.42 bits per heavy atom. The molecule has 26 heavy (non-hydrogen) atoms. The molecule has 2 saturated carbocycles. The fraction of sp³-hybridized carbons (Fsp3) is 0.619. The maximum atomic E-state index is 6.38. The molecule has 0 bridgehead atoms. The van der Waals surface area contributed by atoms with Crippen LogP contribution in [0.5, 0.6) is 5.88 Å². The molecule has 2 aliphatic rings. The Balaban J connectivity index is 1.37. The Morgan fingerprint density at radius 2 is 1.85 bits per heavy atom. The van der Waals surface area contributed by atoms with Crippen molar-refractivity contribution in [1.82, 2.24) is 14.8 Å². The normalized spacial score (nSPS) is 17.7. The summed E-state index contributed by atoms with van der Waals surface area (Å²) in [4.78, 5) is 4.50. The van der Waals surface area contributed by atoms with E-state index in [1.165, 1.54) is 25.7 Å². The van der Waals surface area contributed by atoms with E-state index >= 15 is 0 Å². The highest BCUT2D eigenvalue weighted by molar-refractivity contribution is 6.30. The Morgan fingerprint density at radius 1 is 1.15 bits per heavy atom. The largest absolute Gasteiger partial charge is 0.477 e. The topological polar surface area (TPSA) is 39.9 Å². The van der Waals surface area contributed by atoms with Gasteiger partial charge in [0.15, 0.2) is 5.82 Å². The van der Waals surface area contributed by atoms with Gasteiger partial charge in [-0.25, -0.2) is 9.67 Å². The number of hydrogen-bond donors (Lipinski definition) is 0. The number of rotatable bonds is 7. The van der Waals surface area contributed by atoms with Crippen molar-refractivity contribution in [2.45, 2.75) is 58.3 Å².